The van der Waals surface area contributed by atoms with E-state index in [1.54, 1.807) is 6.20 Å². The molecule has 5 heteroatoms. The van der Waals surface area contributed by atoms with Gasteiger partial charge in [0.05, 0.1) is 0 Å². The second-order valence-corrected chi connectivity index (χ2v) is 5.28. The Labute approximate surface area is 112 Å². The van der Waals surface area contributed by atoms with E-state index in [4.69, 9.17) is 4.52 Å². The Hall–Kier alpha value is -1.91. The zero-order valence-electron chi connectivity index (χ0n) is 11.3. The summed E-state index contributed by atoms with van der Waals surface area (Å²) in [6.45, 7) is 5.05. The highest BCUT2D eigenvalue weighted by Crippen LogP contribution is 2.48. The van der Waals surface area contributed by atoms with Crippen molar-refractivity contribution in [1.82, 2.24) is 15.1 Å². The minimum absolute atomic E-state index is 0.499. The Kier molecular flexibility index (Phi) is 2.97. The molecule has 2 aromatic rings. The van der Waals surface area contributed by atoms with Gasteiger partial charge in [0.25, 0.3) is 5.89 Å². The van der Waals surface area contributed by atoms with E-state index in [-0.39, 0.29) is 0 Å². The van der Waals surface area contributed by atoms with E-state index in [9.17, 15) is 0 Å². The molecule has 0 spiro atoms. The van der Waals surface area contributed by atoms with Gasteiger partial charge in [-0.3, -0.25) is 0 Å². The molecule has 0 atom stereocenters. The lowest BCUT2D eigenvalue weighted by Gasteiger charge is -2.13. The van der Waals surface area contributed by atoms with Crippen LogP contribution in [0.1, 0.15) is 32.0 Å². The van der Waals surface area contributed by atoms with Crippen molar-refractivity contribution in [3.8, 4) is 11.5 Å². The molecule has 3 rings (SSSR count). The molecular formula is C14H18N4O. The molecule has 0 aliphatic heterocycles. The largest absolute Gasteiger partial charge is 0.369 e. The van der Waals surface area contributed by atoms with Crippen molar-refractivity contribution in [1.29, 1.82) is 0 Å². The first-order valence-corrected chi connectivity index (χ1v) is 6.71. The zero-order chi connectivity index (χ0) is 13.3. The summed E-state index contributed by atoms with van der Waals surface area (Å²) in [5.41, 5.74) is 1.40. The summed E-state index contributed by atoms with van der Waals surface area (Å²) in [5, 5.41) is 7.22. The third-order valence-electron chi connectivity index (χ3n) is 3.89. The SMILES string of the molecule is CCC1(CNc2cc(-c3nc(C)no3)ccn2)CC1. The summed E-state index contributed by atoms with van der Waals surface area (Å²) in [5.74, 6) is 2.05. The minimum Gasteiger partial charge on any atom is -0.369 e. The van der Waals surface area contributed by atoms with Crippen LogP contribution in [0.5, 0.6) is 0 Å². The van der Waals surface area contributed by atoms with Crippen molar-refractivity contribution in [2.24, 2.45) is 5.41 Å². The van der Waals surface area contributed by atoms with E-state index in [1.807, 2.05) is 19.1 Å². The normalized spacial score (nSPS) is 16.3. The quantitative estimate of drug-likeness (QED) is 0.893. The van der Waals surface area contributed by atoms with Crippen LogP contribution in [-0.4, -0.2) is 21.7 Å². The molecule has 1 aliphatic rings. The number of hydrogen-bond donors (Lipinski definition) is 1. The summed E-state index contributed by atoms with van der Waals surface area (Å²) in [4.78, 5) is 8.56. The van der Waals surface area contributed by atoms with Gasteiger partial charge in [0, 0.05) is 18.3 Å². The Balaban J connectivity index is 1.73. The maximum Gasteiger partial charge on any atom is 0.258 e. The summed E-state index contributed by atoms with van der Waals surface area (Å²) in [6, 6.07) is 3.84. The maximum atomic E-state index is 5.17. The Morgan fingerprint density at radius 1 is 1.42 bits per heavy atom. The fraction of sp³-hybridized carbons (Fsp3) is 0.500. The molecule has 5 nitrogen and oxygen atoms in total. The topological polar surface area (TPSA) is 63.8 Å². The van der Waals surface area contributed by atoms with E-state index in [0.29, 0.717) is 17.1 Å². The first kappa shape index (κ1) is 12.1. The number of aromatic nitrogens is 3. The Morgan fingerprint density at radius 2 is 2.26 bits per heavy atom. The molecule has 1 saturated carbocycles. The van der Waals surface area contributed by atoms with Gasteiger partial charge in [-0.2, -0.15) is 4.98 Å². The highest BCUT2D eigenvalue weighted by molar-refractivity contribution is 5.57. The van der Waals surface area contributed by atoms with Crippen molar-refractivity contribution < 1.29 is 4.52 Å². The number of pyridine rings is 1. The molecule has 1 aliphatic carbocycles. The van der Waals surface area contributed by atoms with Crippen LogP contribution in [0.25, 0.3) is 11.5 Å². The molecule has 0 bridgehead atoms. The van der Waals surface area contributed by atoms with Crippen LogP contribution in [-0.2, 0) is 0 Å². The molecule has 2 aromatic heterocycles. The first-order chi connectivity index (χ1) is 9.21. The fourth-order valence-electron chi connectivity index (χ4n) is 2.18. The molecule has 1 N–H and O–H groups in total. The molecule has 0 saturated heterocycles. The van der Waals surface area contributed by atoms with Gasteiger partial charge in [-0.05, 0) is 43.7 Å². The van der Waals surface area contributed by atoms with Gasteiger partial charge in [-0.1, -0.05) is 12.1 Å². The van der Waals surface area contributed by atoms with Crippen molar-refractivity contribution in [2.75, 3.05) is 11.9 Å². The lowest BCUT2D eigenvalue weighted by atomic mass is 10.0. The van der Waals surface area contributed by atoms with Gasteiger partial charge in [0.2, 0.25) is 0 Å². The van der Waals surface area contributed by atoms with Crippen molar-refractivity contribution >= 4 is 5.82 Å². The second kappa shape index (κ2) is 4.64. The number of rotatable bonds is 5. The van der Waals surface area contributed by atoms with Gasteiger partial charge in [-0.15, -0.1) is 0 Å². The van der Waals surface area contributed by atoms with Gasteiger partial charge in [0.1, 0.15) is 5.82 Å². The molecule has 0 amide bonds. The molecule has 100 valence electrons. The zero-order valence-corrected chi connectivity index (χ0v) is 11.3. The molecular weight excluding hydrogens is 240 g/mol. The molecule has 0 aromatic carbocycles. The molecule has 2 heterocycles. The van der Waals surface area contributed by atoms with Crippen molar-refractivity contribution in [3.05, 3.63) is 24.2 Å². The Bertz CT molecular complexity index is 574. The van der Waals surface area contributed by atoms with Crippen LogP contribution in [0.15, 0.2) is 22.9 Å². The van der Waals surface area contributed by atoms with Gasteiger partial charge in [0.15, 0.2) is 5.82 Å². The van der Waals surface area contributed by atoms with Crippen molar-refractivity contribution in [3.63, 3.8) is 0 Å². The number of aryl methyl sites for hydroxylation is 1. The van der Waals surface area contributed by atoms with Crippen molar-refractivity contribution in [2.45, 2.75) is 33.1 Å². The highest BCUT2D eigenvalue weighted by atomic mass is 16.5. The third kappa shape index (κ3) is 2.59. The summed E-state index contributed by atoms with van der Waals surface area (Å²) in [6.07, 6.45) is 5.63. The number of hydrogen-bond acceptors (Lipinski definition) is 5. The summed E-state index contributed by atoms with van der Waals surface area (Å²) < 4.78 is 5.17. The summed E-state index contributed by atoms with van der Waals surface area (Å²) in [7, 11) is 0. The van der Waals surface area contributed by atoms with Crippen LogP contribution < -0.4 is 5.32 Å². The summed E-state index contributed by atoms with van der Waals surface area (Å²) >= 11 is 0. The van der Waals surface area contributed by atoms with E-state index in [1.165, 1.54) is 19.3 Å². The highest BCUT2D eigenvalue weighted by Gasteiger charge is 2.40. The maximum absolute atomic E-state index is 5.17. The van der Waals surface area contributed by atoms with Crippen LogP contribution >= 0.6 is 0 Å². The fourth-order valence-corrected chi connectivity index (χ4v) is 2.18. The molecule has 0 unspecified atom stereocenters. The van der Waals surface area contributed by atoms with Crippen LogP contribution in [0, 0.1) is 12.3 Å². The Morgan fingerprint density at radius 3 is 2.89 bits per heavy atom. The van der Waals surface area contributed by atoms with Crippen LogP contribution in [0.4, 0.5) is 5.82 Å². The van der Waals surface area contributed by atoms with Crippen LogP contribution in [0.2, 0.25) is 0 Å². The molecule has 0 radical (unpaired) electrons. The monoisotopic (exact) mass is 258 g/mol. The van der Waals surface area contributed by atoms with E-state index in [0.717, 1.165) is 17.9 Å². The standard InChI is InChI=1S/C14H18N4O/c1-3-14(5-6-14)9-16-12-8-11(4-7-15-12)13-17-10(2)18-19-13/h4,7-8H,3,5-6,9H2,1-2H3,(H,15,16). The number of nitrogens with one attached hydrogen (secondary N) is 1. The average molecular weight is 258 g/mol. The predicted molar refractivity (Wildman–Crippen MR) is 72.7 cm³/mol. The smallest absolute Gasteiger partial charge is 0.258 e. The van der Waals surface area contributed by atoms with Crippen LogP contribution in [0.3, 0.4) is 0 Å². The van der Waals surface area contributed by atoms with Gasteiger partial charge < -0.3 is 9.84 Å². The van der Waals surface area contributed by atoms with E-state index < -0.39 is 0 Å². The molecule has 19 heavy (non-hydrogen) atoms. The second-order valence-electron chi connectivity index (χ2n) is 5.28. The first-order valence-electron chi connectivity index (χ1n) is 6.71. The third-order valence-corrected chi connectivity index (χ3v) is 3.89. The molecule has 1 fully saturated rings. The predicted octanol–water partition coefficient (Wildman–Crippen LogP) is 3.04. The lowest BCUT2D eigenvalue weighted by molar-refractivity contribution is 0.425. The average Bonchev–Trinajstić information content (AvgIpc) is 3.10. The minimum atomic E-state index is 0.499. The van der Waals surface area contributed by atoms with Gasteiger partial charge >= 0.3 is 0 Å². The van der Waals surface area contributed by atoms with E-state index in [2.05, 4.69) is 27.4 Å². The number of nitrogens with zero attached hydrogens (tertiary/aromatic N) is 3. The lowest BCUT2D eigenvalue weighted by Crippen LogP contribution is -2.15. The number of anilines is 1. The van der Waals surface area contributed by atoms with E-state index >= 15 is 0 Å². The van der Waals surface area contributed by atoms with Gasteiger partial charge in [-0.25, -0.2) is 4.98 Å².